The summed E-state index contributed by atoms with van der Waals surface area (Å²) >= 11 is 0. The lowest BCUT2D eigenvalue weighted by molar-refractivity contribution is -0.142. The monoisotopic (exact) mass is 332 g/mol. The summed E-state index contributed by atoms with van der Waals surface area (Å²) in [7, 11) is -4.91. The van der Waals surface area contributed by atoms with E-state index in [4.69, 9.17) is 4.55 Å². The zero-order chi connectivity index (χ0) is 16.2. The quantitative estimate of drug-likeness (QED) is 0.706. The lowest BCUT2D eigenvalue weighted by Crippen LogP contribution is -2.39. The molecule has 1 aromatic rings. The molecule has 0 aliphatic carbocycles. The van der Waals surface area contributed by atoms with Crippen LogP contribution >= 0.6 is 0 Å². The van der Waals surface area contributed by atoms with Crippen molar-refractivity contribution in [2.24, 2.45) is 0 Å². The van der Waals surface area contributed by atoms with Crippen molar-refractivity contribution in [3.05, 3.63) is 17.5 Å². The first kappa shape index (κ1) is 14.7. The van der Waals surface area contributed by atoms with Crippen LogP contribution in [0.25, 0.3) is 0 Å². The van der Waals surface area contributed by atoms with Crippen molar-refractivity contribution in [1.82, 2.24) is 19.7 Å². The van der Waals surface area contributed by atoms with Crippen LogP contribution in [-0.2, 0) is 26.0 Å². The molecule has 2 aliphatic heterocycles. The SMILES string of the molecule is CCn1ncc2c1C(C(=O)O)N1CC2N(OS(=O)(=O)O)C1=O. The Morgan fingerprint density at radius 3 is 2.77 bits per heavy atom. The molecule has 0 aromatic carbocycles. The first-order valence-electron chi connectivity index (χ1n) is 6.29. The minimum Gasteiger partial charge on any atom is -0.479 e. The summed E-state index contributed by atoms with van der Waals surface area (Å²) in [6.45, 7) is 2.06. The highest BCUT2D eigenvalue weighted by atomic mass is 32.3. The van der Waals surface area contributed by atoms with Gasteiger partial charge < -0.3 is 10.0 Å². The van der Waals surface area contributed by atoms with E-state index in [1.807, 2.05) is 0 Å². The van der Waals surface area contributed by atoms with Gasteiger partial charge in [0.2, 0.25) is 0 Å². The second-order valence-corrected chi connectivity index (χ2v) is 5.83. The van der Waals surface area contributed by atoms with E-state index in [9.17, 15) is 23.1 Å². The molecule has 0 spiro atoms. The largest absolute Gasteiger partial charge is 0.479 e. The van der Waals surface area contributed by atoms with Crippen molar-refractivity contribution in [1.29, 1.82) is 0 Å². The number of amides is 2. The lowest BCUT2D eigenvalue weighted by Gasteiger charge is -2.28. The molecular weight excluding hydrogens is 320 g/mol. The summed E-state index contributed by atoms with van der Waals surface area (Å²) in [6, 6.07) is -3.11. The van der Waals surface area contributed by atoms with E-state index in [2.05, 4.69) is 9.38 Å². The van der Waals surface area contributed by atoms with Crippen LogP contribution in [0.5, 0.6) is 0 Å². The molecule has 12 heteroatoms. The molecule has 2 aliphatic rings. The Balaban J connectivity index is 2.13. The molecule has 2 unspecified atom stereocenters. The lowest BCUT2D eigenvalue weighted by atomic mass is 9.98. The number of fused-ring (bicyclic) bond motifs is 4. The molecular formula is C10H12N4O7S. The van der Waals surface area contributed by atoms with Gasteiger partial charge >= 0.3 is 22.4 Å². The minimum absolute atomic E-state index is 0.0757. The molecule has 2 N–H and O–H groups in total. The average Bonchev–Trinajstić information content (AvgIpc) is 2.94. The highest BCUT2D eigenvalue weighted by molar-refractivity contribution is 7.80. The second-order valence-electron chi connectivity index (χ2n) is 4.82. The Morgan fingerprint density at radius 2 is 2.23 bits per heavy atom. The van der Waals surface area contributed by atoms with Crippen LogP contribution < -0.4 is 0 Å². The van der Waals surface area contributed by atoms with Crippen LogP contribution in [0.2, 0.25) is 0 Å². The van der Waals surface area contributed by atoms with Gasteiger partial charge in [-0.15, -0.1) is 4.28 Å². The topological polar surface area (TPSA) is 142 Å². The number of hydroxylamine groups is 2. The molecule has 22 heavy (non-hydrogen) atoms. The number of rotatable bonds is 4. The predicted molar refractivity (Wildman–Crippen MR) is 67.6 cm³/mol. The minimum atomic E-state index is -4.91. The van der Waals surface area contributed by atoms with E-state index in [1.54, 1.807) is 6.92 Å². The summed E-state index contributed by atoms with van der Waals surface area (Å²) in [5, 5.41) is 13.9. The number of aryl methyl sites for hydroxylation is 1. The van der Waals surface area contributed by atoms with Crippen LogP contribution in [0.3, 0.4) is 0 Å². The van der Waals surface area contributed by atoms with Gasteiger partial charge in [0.05, 0.1) is 18.4 Å². The molecule has 1 fully saturated rings. The number of carbonyl (C=O) groups is 2. The predicted octanol–water partition coefficient (Wildman–Crippen LogP) is -0.445. The molecule has 2 bridgehead atoms. The first-order valence-corrected chi connectivity index (χ1v) is 7.66. The first-order chi connectivity index (χ1) is 10.2. The summed E-state index contributed by atoms with van der Waals surface area (Å²) in [5.41, 5.74) is 0.668. The van der Waals surface area contributed by atoms with Crippen LogP contribution in [0.4, 0.5) is 4.79 Å². The molecule has 11 nitrogen and oxygen atoms in total. The third kappa shape index (κ3) is 2.03. The number of carboxylic acids is 1. The third-order valence-electron chi connectivity index (χ3n) is 3.63. The van der Waals surface area contributed by atoms with Gasteiger partial charge in [-0.1, -0.05) is 0 Å². The third-order valence-corrected chi connectivity index (χ3v) is 3.98. The summed E-state index contributed by atoms with van der Waals surface area (Å²) < 4.78 is 36.3. The Bertz CT molecular complexity index is 757. The highest BCUT2D eigenvalue weighted by Crippen LogP contribution is 2.44. The normalized spacial score (nSPS) is 23.8. The van der Waals surface area contributed by atoms with Gasteiger partial charge in [0.15, 0.2) is 6.04 Å². The van der Waals surface area contributed by atoms with Gasteiger partial charge in [-0.25, -0.2) is 9.59 Å². The zero-order valence-electron chi connectivity index (χ0n) is 11.3. The molecule has 1 aromatic heterocycles. The van der Waals surface area contributed by atoms with Crippen molar-refractivity contribution >= 4 is 22.4 Å². The van der Waals surface area contributed by atoms with E-state index < -0.39 is 34.5 Å². The fraction of sp³-hybridized carbons (Fsp3) is 0.500. The van der Waals surface area contributed by atoms with Crippen LogP contribution in [0, 0.1) is 0 Å². The van der Waals surface area contributed by atoms with E-state index >= 15 is 0 Å². The maximum atomic E-state index is 12.2. The van der Waals surface area contributed by atoms with E-state index in [0.717, 1.165) is 4.90 Å². The molecule has 120 valence electrons. The van der Waals surface area contributed by atoms with Crippen molar-refractivity contribution in [2.75, 3.05) is 6.54 Å². The Labute approximate surface area is 124 Å². The number of hydrogen-bond donors (Lipinski definition) is 2. The second kappa shape index (κ2) is 4.66. The molecule has 0 saturated carbocycles. The number of urea groups is 1. The van der Waals surface area contributed by atoms with Crippen LogP contribution in [0.1, 0.15) is 30.3 Å². The molecule has 2 amide bonds. The molecule has 0 radical (unpaired) electrons. The van der Waals surface area contributed by atoms with Gasteiger partial charge in [0, 0.05) is 12.1 Å². The van der Waals surface area contributed by atoms with Crippen LogP contribution in [-0.4, -0.2) is 56.4 Å². The zero-order valence-corrected chi connectivity index (χ0v) is 12.1. The Morgan fingerprint density at radius 1 is 1.55 bits per heavy atom. The van der Waals surface area contributed by atoms with Crippen molar-refractivity contribution in [2.45, 2.75) is 25.6 Å². The smallest absolute Gasteiger partial charge is 0.418 e. The molecule has 3 rings (SSSR count). The van der Waals surface area contributed by atoms with Gasteiger partial charge in [0.25, 0.3) is 0 Å². The van der Waals surface area contributed by atoms with E-state index in [1.165, 1.54) is 10.9 Å². The molecule has 3 heterocycles. The number of hydrogen-bond acceptors (Lipinski definition) is 6. The number of carbonyl (C=O) groups excluding carboxylic acids is 1. The van der Waals surface area contributed by atoms with Gasteiger partial charge in [0.1, 0.15) is 6.04 Å². The number of nitrogens with zero attached hydrogens (tertiary/aromatic N) is 4. The summed E-state index contributed by atoms with van der Waals surface area (Å²) in [6.07, 6.45) is 1.37. The van der Waals surface area contributed by atoms with Crippen LogP contribution in [0.15, 0.2) is 6.20 Å². The van der Waals surface area contributed by atoms with E-state index in [0.29, 0.717) is 22.9 Å². The maximum absolute atomic E-state index is 12.2. The summed E-state index contributed by atoms with van der Waals surface area (Å²) in [4.78, 5) is 24.7. The van der Waals surface area contributed by atoms with Gasteiger partial charge in [-0.3, -0.25) is 9.23 Å². The van der Waals surface area contributed by atoms with Crippen molar-refractivity contribution in [3.63, 3.8) is 0 Å². The fourth-order valence-electron chi connectivity index (χ4n) is 2.84. The van der Waals surface area contributed by atoms with E-state index in [-0.39, 0.29) is 6.54 Å². The fourth-order valence-corrected chi connectivity index (χ4v) is 3.21. The molecule has 1 saturated heterocycles. The average molecular weight is 332 g/mol. The number of aliphatic carboxylic acids is 1. The Hall–Kier alpha value is -2.18. The van der Waals surface area contributed by atoms with Crippen molar-refractivity contribution in [3.8, 4) is 0 Å². The van der Waals surface area contributed by atoms with Gasteiger partial charge in [-0.2, -0.15) is 18.6 Å². The molecule has 2 atom stereocenters. The summed E-state index contributed by atoms with van der Waals surface area (Å²) in [5.74, 6) is -1.27. The number of aromatic nitrogens is 2. The maximum Gasteiger partial charge on any atom is 0.418 e. The van der Waals surface area contributed by atoms with Crippen molar-refractivity contribution < 1.29 is 31.9 Å². The number of carboxylic acid groups (broad SMARTS) is 1. The Kier molecular flexibility index (Phi) is 3.12. The van der Waals surface area contributed by atoms with Gasteiger partial charge in [-0.05, 0) is 6.92 Å². The standard InChI is InChI=1S/C10H12N4O7S/c1-2-13-7-5(3-11-13)6-4-12(8(7)9(15)16)10(17)14(6)21-22(18,19)20/h3,6,8H,2,4H2,1H3,(H,15,16)(H,18,19,20). The highest BCUT2D eigenvalue weighted by Gasteiger charge is 2.54.